The summed E-state index contributed by atoms with van der Waals surface area (Å²) >= 11 is 0. The van der Waals surface area contributed by atoms with Gasteiger partial charge in [0.1, 0.15) is 36.6 Å². The molecule has 2 saturated heterocycles. The largest absolute Gasteiger partial charge is 0.475 e. The van der Waals surface area contributed by atoms with Crippen LogP contribution in [0.15, 0.2) is 11.8 Å². The first kappa shape index (κ1) is 35.8. The van der Waals surface area contributed by atoms with Gasteiger partial charge in [-0.2, -0.15) is 16.8 Å². The van der Waals surface area contributed by atoms with E-state index in [1.807, 2.05) is 0 Å². The Bertz CT molecular complexity index is 1210. The zero-order chi connectivity index (χ0) is 32.4. The van der Waals surface area contributed by atoms with Crippen molar-refractivity contribution in [2.45, 2.75) is 74.6 Å². The molecule has 0 aromatic carbocycles. The first-order valence-electron chi connectivity index (χ1n) is 12.3. The molecule has 0 radical (unpaired) electrons. The Morgan fingerprint density at radius 1 is 0.814 bits per heavy atom. The maximum absolute atomic E-state index is 11.3. The van der Waals surface area contributed by atoms with Crippen molar-refractivity contribution in [1.82, 2.24) is 0 Å². The van der Waals surface area contributed by atoms with Crippen molar-refractivity contribution in [3.8, 4) is 0 Å². The van der Waals surface area contributed by atoms with Gasteiger partial charge in [-0.05, 0) is 13.0 Å². The molecule has 3 aliphatic rings. The standard InChI is InChI=1S/C20H32O21S2/c1-6-12(22)16(41-43(32,33)34)15(25)20(38-6)35-3-7-8(18(28)39-11(13(7)23)5-37-42(29,30)31)4-36-19-14(24)9(21)2-10(40-19)17(26)27/h2,6-9,11-16,18-25,28H,3-5H2,1H3,(H,26,27)(H,29,30,31)(H,32,33,34). The highest BCUT2D eigenvalue weighted by Crippen LogP contribution is 2.34. The number of ether oxygens (including phenoxy) is 5. The number of carboxylic acid groups (broad SMARTS) is 1. The lowest BCUT2D eigenvalue weighted by Crippen LogP contribution is -2.60. The fourth-order valence-electron chi connectivity index (χ4n) is 4.52. The van der Waals surface area contributed by atoms with Crippen molar-refractivity contribution in [2.75, 3.05) is 19.8 Å². The van der Waals surface area contributed by atoms with E-state index in [2.05, 4.69) is 8.37 Å². The second-order valence-corrected chi connectivity index (χ2v) is 11.9. The predicted octanol–water partition coefficient (Wildman–Crippen LogP) is -5.15. The Labute approximate surface area is 243 Å². The van der Waals surface area contributed by atoms with E-state index in [1.165, 1.54) is 6.92 Å². The zero-order valence-corrected chi connectivity index (χ0v) is 23.6. The van der Waals surface area contributed by atoms with Crippen molar-refractivity contribution in [2.24, 2.45) is 11.8 Å². The van der Waals surface area contributed by atoms with Gasteiger partial charge in [0, 0.05) is 11.8 Å². The van der Waals surface area contributed by atoms with Crippen LogP contribution in [0.5, 0.6) is 0 Å². The molecule has 0 bridgehead atoms. The Balaban J connectivity index is 1.80. The molecule has 0 spiro atoms. The van der Waals surface area contributed by atoms with E-state index in [-0.39, 0.29) is 0 Å². The summed E-state index contributed by atoms with van der Waals surface area (Å²) in [5, 5.41) is 71.5. The lowest BCUT2D eigenvalue weighted by Gasteiger charge is -2.45. The maximum atomic E-state index is 11.3. The fraction of sp³-hybridized carbons (Fsp3) is 0.850. The summed E-state index contributed by atoms with van der Waals surface area (Å²) in [6.45, 7) is -1.21. The van der Waals surface area contributed by atoms with Crippen LogP contribution in [-0.4, -0.2) is 155 Å². The van der Waals surface area contributed by atoms with Gasteiger partial charge in [0.05, 0.1) is 32.0 Å². The van der Waals surface area contributed by atoms with Gasteiger partial charge in [-0.15, -0.1) is 0 Å². The Kier molecular flexibility index (Phi) is 11.8. The van der Waals surface area contributed by atoms with E-state index in [1.54, 1.807) is 0 Å². The SMILES string of the molecule is CC1OC(OCC2C(O)C(COS(=O)(=O)O)OC(O)C2COC2OC(C(=O)O)=CC(O)C2O)C(O)C(OS(=O)(=O)O)C1O. The number of carboxylic acids is 1. The van der Waals surface area contributed by atoms with E-state index in [0.29, 0.717) is 6.08 Å². The van der Waals surface area contributed by atoms with Crippen molar-refractivity contribution >= 4 is 26.8 Å². The zero-order valence-electron chi connectivity index (χ0n) is 21.9. The normalized spacial score (nSPS) is 40.9. The highest BCUT2D eigenvalue weighted by atomic mass is 32.3. The van der Waals surface area contributed by atoms with Crippen LogP contribution in [0.2, 0.25) is 0 Å². The quantitative estimate of drug-likeness (QED) is 0.0875. The minimum Gasteiger partial charge on any atom is -0.475 e. The lowest BCUT2D eigenvalue weighted by atomic mass is 9.83. The summed E-state index contributed by atoms with van der Waals surface area (Å²) in [5.41, 5.74) is 0. The van der Waals surface area contributed by atoms with Crippen LogP contribution < -0.4 is 0 Å². The van der Waals surface area contributed by atoms with Crippen molar-refractivity contribution in [1.29, 1.82) is 0 Å². The first-order chi connectivity index (χ1) is 19.8. The van der Waals surface area contributed by atoms with Crippen LogP contribution in [0.25, 0.3) is 0 Å². The van der Waals surface area contributed by atoms with Gasteiger partial charge in [0.25, 0.3) is 0 Å². The molecule has 21 nitrogen and oxygen atoms in total. The summed E-state index contributed by atoms with van der Waals surface area (Å²) in [6.07, 6.45) is -18.8. The first-order valence-corrected chi connectivity index (χ1v) is 15.0. The van der Waals surface area contributed by atoms with Gasteiger partial charge in [0.2, 0.25) is 12.0 Å². The Morgan fingerprint density at radius 3 is 2.00 bits per heavy atom. The molecule has 3 heterocycles. The molecule has 43 heavy (non-hydrogen) atoms. The van der Waals surface area contributed by atoms with Gasteiger partial charge >= 0.3 is 26.8 Å². The third kappa shape index (κ3) is 9.42. The second kappa shape index (κ2) is 14.2. The summed E-state index contributed by atoms with van der Waals surface area (Å²) < 4.78 is 97.2. The smallest absolute Gasteiger partial charge is 0.397 e. The number of hydrogen-bond donors (Lipinski definition) is 9. The highest BCUT2D eigenvalue weighted by Gasteiger charge is 2.50. The molecule has 23 heteroatoms. The molecule has 2 fully saturated rings. The molecule has 3 rings (SSSR count). The second-order valence-electron chi connectivity index (χ2n) is 9.75. The Hall–Kier alpha value is -1.65. The number of aliphatic hydroxyl groups excluding tert-OH is 6. The average molecular weight is 673 g/mol. The van der Waals surface area contributed by atoms with Crippen LogP contribution in [0, 0.1) is 11.8 Å². The maximum Gasteiger partial charge on any atom is 0.397 e. The van der Waals surface area contributed by atoms with E-state index in [4.69, 9.17) is 37.9 Å². The predicted molar refractivity (Wildman–Crippen MR) is 129 cm³/mol. The summed E-state index contributed by atoms with van der Waals surface area (Å²) in [7, 11) is -10.2. The number of rotatable bonds is 12. The fourth-order valence-corrected chi connectivity index (χ4v) is 5.34. The molecule has 13 atom stereocenters. The lowest BCUT2D eigenvalue weighted by molar-refractivity contribution is -0.312. The molecule has 0 saturated carbocycles. The number of hydrogen-bond acceptors (Lipinski definition) is 18. The van der Waals surface area contributed by atoms with Crippen LogP contribution in [-0.2, 0) is 57.6 Å². The van der Waals surface area contributed by atoms with Crippen LogP contribution in [0.4, 0.5) is 0 Å². The summed E-state index contributed by atoms with van der Waals surface area (Å²) in [6, 6.07) is 0. The third-order valence-electron chi connectivity index (χ3n) is 6.76. The van der Waals surface area contributed by atoms with E-state index in [9.17, 15) is 52.3 Å². The van der Waals surface area contributed by atoms with E-state index >= 15 is 0 Å². The van der Waals surface area contributed by atoms with Crippen molar-refractivity contribution in [3.63, 3.8) is 0 Å². The molecule has 9 N–H and O–H groups in total. The molecule has 0 amide bonds. The molecule has 3 aliphatic heterocycles. The van der Waals surface area contributed by atoms with Crippen LogP contribution >= 0.6 is 0 Å². The van der Waals surface area contributed by atoms with Crippen LogP contribution in [0.3, 0.4) is 0 Å². The number of aliphatic hydroxyl groups is 6. The minimum absolute atomic E-state index is 0.706. The molecule has 0 aromatic heterocycles. The van der Waals surface area contributed by atoms with Gasteiger partial charge in [-0.25, -0.2) is 13.2 Å². The molecule has 13 unspecified atom stereocenters. The van der Waals surface area contributed by atoms with Crippen molar-refractivity contribution in [3.05, 3.63) is 11.8 Å². The van der Waals surface area contributed by atoms with Crippen LogP contribution in [0.1, 0.15) is 6.92 Å². The highest BCUT2D eigenvalue weighted by molar-refractivity contribution is 7.81. The summed E-state index contributed by atoms with van der Waals surface area (Å²) in [4.78, 5) is 11.3. The Morgan fingerprint density at radius 2 is 1.42 bits per heavy atom. The summed E-state index contributed by atoms with van der Waals surface area (Å²) in [5.74, 6) is -5.13. The molecular weight excluding hydrogens is 640 g/mol. The van der Waals surface area contributed by atoms with Gasteiger partial charge in [-0.3, -0.25) is 9.11 Å². The average Bonchev–Trinajstić information content (AvgIpc) is 2.88. The van der Waals surface area contributed by atoms with Gasteiger partial charge < -0.3 is 59.4 Å². The van der Waals surface area contributed by atoms with E-state index < -0.39 is 132 Å². The third-order valence-corrected chi connectivity index (χ3v) is 7.66. The van der Waals surface area contributed by atoms with E-state index in [0.717, 1.165) is 0 Å². The van der Waals surface area contributed by atoms with Gasteiger partial charge in [0.15, 0.2) is 12.6 Å². The minimum atomic E-state index is -5.17. The number of aliphatic carboxylic acids is 1. The topological polar surface area (TPSA) is 332 Å². The molecule has 0 aromatic rings. The van der Waals surface area contributed by atoms with Crippen molar-refractivity contribution < 1.29 is 98.5 Å². The molecule has 0 aliphatic carbocycles. The molecule has 250 valence electrons. The van der Waals surface area contributed by atoms with Gasteiger partial charge in [-0.1, -0.05) is 0 Å². The monoisotopic (exact) mass is 672 g/mol. The number of carbonyl (C=O) groups is 1. The molecular formula is C20H32O21S2.